The number of allylic oxidation sites excluding steroid dienone is 1. The van der Waals surface area contributed by atoms with Crippen molar-refractivity contribution in [3.8, 4) is 17.4 Å². The van der Waals surface area contributed by atoms with Gasteiger partial charge in [0.2, 0.25) is 10.0 Å². The molecule has 7 heteroatoms. The highest BCUT2D eigenvalue weighted by Crippen LogP contribution is 2.25. The third-order valence-electron chi connectivity index (χ3n) is 3.69. The Morgan fingerprint density at radius 3 is 2.54 bits per heavy atom. The first-order valence-electron chi connectivity index (χ1n) is 7.70. The normalized spacial score (nSPS) is 11.9. The minimum Gasteiger partial charge on any atom is -0.457 e. The molecule has 0 aliphatic carbocycles. The van der Waals surface area contributed by atoms with Crippen LogP contribution in [0, 0.1) is 11.3 Å². The molecule has 1 N–H and O–H groups in total. The molecular formula is C19H15N3O3S. The zero-order chi connectivity index (χ0) is 18.6. The van der Waals surface area contributed by atoms with E-state index in [-0.39, 0.29) is 4.90 Å². The molecule has 0 fully saturated rings. The van der Waals surface area contributed by atoms with Crippen LogP contribution in [-0.2, 0) is 10.0 Å². The highest BCUT2D eigenvalue weighted by Gasteiger charge is 2.12. The molecule has 0 spiro atoms. The first kappa shape index (κ1) is 17.6. The van der Waals surface area contributed by atoms with Gasteiger partial charge in [-0.2, -0.15) is 5.26 Å². The van der Waals surface area contributed by atoms with Crippen molar-refractivity contribution < 1.29 is 12.8 Å². The number of sulfonamides is 1. The summed E-state index contributed by atoms with van der Waals surface area (Å²) in [5.41, 5.74) is 1.69. The van der Waals surface area contributed by atoms with Gasteiger partial charge in [-0.3, -0.25) is 4.98 Å². The molecule has 0 radical (unpaired) electrons. The summed E-state index contributed by atoms with van der Waals surface area (Å²) in [7, 11) is -2.11. The molecule has 2 aromatic heterocycles. The molecule has 6 nitrogen and oxygen atoms in total. The number of pyridine rings is 1. The molecule has 0 saturated carbocycles. The molecule has 0 unspecified atom stereocenters. The maximum Gasteiger partial charge on any atom is 0.240 e. The van der Waals surface area contributed by atoms with Gasteiger partial charge in [-0.1, -0.05) is 6.07 Å². The fourth-order valence-electron chi connectivity index (χ4n) is 2.33. The highest BCUT2D eigenvalue weighted by molar-refractivity contribution is 7.89. The van der Waals surface area contributed by atoms with Gasteiger partial charge in [0.1, 0.15) is 17.6 Å². The number of furan rings is 1. The molecule has 2 heterocycles. The van der Waals surface area contributed by atoms with Gasteiger partial charge in [0.05, 0.1) is 16.2 Å². The van der Waals surface area contributed by atoms with Crippen LogP contribution in [-0.4, -0.2) is 20.4 Å². The lowest BCUT2D eigenvalue weighted by Crippen LogP contribution is -2.18. The zero-order valence-electron chi connectivity index (χ0n) is 13.9. The maximum atomic E-state index is 11.8. The number of nitriles is 1. The largest absolute Gasteiger partial charge is 0.457 e. The molecule has 3 rings (SSSR count). The molecule has 0 amide bonds. The number of aromatic nitrogens is 1. The number of nitrogens with one attached hydrogen (secondary N) is 1. The summed E-state index contributed by atoms with van der Waals surface area (Å²) in [6.07, 6.45) is 3.24. The molecule has 26 heavy (non-hydrogen) atoms. The predicted molar refractivity (Wildman–Crippen MR) is 98.1 cm³/mol. The van der Waals surface area contributed by atoms with E-state index in [9.17, 15) is 13.7 Å². The minimum atomic E-state index is -3.47. The summed E-state index contributed by atoms with van der Waals surface area (Å²) in [5.74, 6) is 1.08. The van der Waals surface area contributed by atoms with Crippen molar-refractivity contribution in [1.29, 1.82) is 5.26 Å². The van der Waals surface area contributed by atoms with Crippen LogP contribution in [0.5, 0.6) is 0 Å². The van der Waals surface area contributed by atoms with E-state index in [1.807, 2.05) is 6.07 Å². The zero-order valence-corrected chi connectivity index (χ0v) is 14.7. The van der Waals surface area contributed by atoms with E-state index in [0.717, 1.165) is 5.56 Å². The number of rotatable bonds is 5. The van der Waals surface area contributed by atoms with Crippen molar-refractivity contribution in [2.75, 3.05) is 7.05 Å². The molecule has 3 aromatic rings. The van der Waals surface area contributed by atoms with Crippen molar-refractivity contribution in [3.63, 3.8) is 0 Å². The lowest BCUT2D eigenvalue weighted by Gasteiger charge is -2.03. The van der Waals surface area contributed by atoms with Crippen molar-refractivity contribution in [3.05, 3.63) is 72.2 Å². The van der Waals surface area contributed by atoms with Gasteiger partial charge in [0, 0.05) is 17.8 Å². The monoisotopic (exact) mass is 365 g/mol. The molecule has 1 aromatic carbocycles. The van der Waals surface area contributed by atoms with Crippen molar-refractivity contribution in [2.45, 2.75) is 4.90 Å². The van der Waals surface area contributed by atoms with Crippen LogP contribution in [0.1, 0.15) is 11.5 Å². The molecule has 0 aliphatic heterocycles. The first-order valence-corrected chi connectivity index (χ1v) is 9.19. The summed E-state index contributed by atoms with van der Waals surface area (Å²) in [4.78, 5) is 4.33. The van der Waals surface area contributed by atoms with E-state index < -0.39 is 10.0 Å². The van der Waals surface area contributed by atoms with Crippen LogP contribution in [0.25, 0.3) is 23.0 Å². The van der Waals surface area contributed by atoms with Gasteiger partial charge in [-0.05, 0) is 55.6 Å². The van der Waals surface area contributed by atoms with Gasteiger partial charge < -0.3 is 4.42 Å². The molecule has 0 saturated heterocycles. The fraction of sp³-hybridized carbons (Fsp3) is 0.0526. The van der Waals surface area contributed by atoms with Crippen molar-refractivity contribution in [1.82, 2.24) is 9.71 Å². The topological polar surface area (TPSA) is 96.0 Å². The Labute approximate surface area is 151 Å². The van der Waals surface area contributed by atoms with Gasteiger partial charge in [0.25, 0.3) is 0 Å². The average molecular weight is 365 g/mol. The maximum absolute atomic E-state index is 11.8. The van der Waals surface area contributed by atoms with Crippen LogP contribution in [0.3, 0.4) is 0 Å². The Kier molecular flexibility index (Phi) is 4.98. The number of hydrogen-bond acceptors (Lipinski definition) is 5. The number of benzene rings is 1. The van der Waals surface area contributed by atoms with Crippen LogP contribution < -0.4 is 4.72 Å². The van der Waals surface area contributed by atoms with Gasteiger partial charge in [0.15, 0.2) is 0 Å². The Bertz CT molecular complexity index is 1080. The van der Waals surface area contributed by atoms with E-state index in [1.54, 1.807) is 48.7 Å². The molecule has 130 valence electrons. The third-order valence-corrected chi connectivity index (χ3v) is 5.12. The second kappa shape index (κ2) is 7.35. The summed E-state index contributed by atoms with van der Waals surface area (Å²) in [5, 5.41) is 9.33. The van der Waals surface area contributed by atoms with Crippen LogP contribution >= 0.6 is 0 Å². The predicted octanol–water partition coefficient (Wildman–Crippen LogP) is 3.31. The summed E-state index contributed by atoms with van der Waals surface area (Å²) < 4.78 is 31.6. The highest BCUT2D eigenvalue weighted by atomic mass is 32.2. The van der Waals surface area contributed by atoms with Crippen molar-refractivity contribution >= 4 is 21.7 Å². The van der Waals surface area contributed by atoms with E-state index in [1.165, 1.54) is 19.2 Å². The Morgan fingerprint density at radius 2 is 1.92 bits per heavy atom. The van der Waals surface area contributed by atoms with E-state index in [0.29, 0.717) is 22.8 Å². The van der Waals surface area contributed by atoms with Gasteiger partial charge in [-0.25, -0.2) is 13.1 Å². The first-order chi connectivity index (χ1) is 12.5. The standard InChI is InChI=1S/C19H15N3O3S/c1-21-26(23,24)17-8-5-14(6-9-17)19-10-7-16(25-19)12-15(13-20)18-4-2-3-11-22-18/h2-12,21H,1H3. The summed E-state index contributed by atoms with van der Waals surface area (Å²) >= 11 is 0. The second-order valence-corrected chi connectivity index (χ2v) is 7.21. The van der Waals surface area contributed by atoms with Crippen LogP contribution in [0.4, 0.5) is 0 Å². The second-order valence-electron chi connectivity index (χ2n) is 5.32. The smallest absolute Gasteiger partial charge is 0.240 e. The van der Waals surface area contributed by atoms with Crippen LogP contribution in [0.15, 0.2) is 70.1 Å². The Hall–Kier alpha value is -3.21. The van der Waals surface area contributed by atoms with E-state index >= 15 is 0 Å². The summed E-state index contributed by atoms with van der Waals surface area (Å²) in [6, 6.07) is 17.3. The fourth-order valence-corrected chi connectivity index (χ4v) is 3.06. The SMILES string of the molecule is CNS(=O)(=O)c1ccc(-c2ccc(C=C(C#N)c3ccccn3)o2)cc1. The van der Waals surface area contributed by atoms with Crippen LogP contribution in [0.2, 0.25) is 0 Å². The van der Waals surface area contributed by atoms with Crippen molar-refractivity contribution in [2.24, 2.45) is 0 Å². The lowest BCUT2D eigenvalue weighted by molar-refractivity contribution is 0.571. The molecular weight excluding hydrogens is 350 g/mol. The van der Waals surface area contributed by atoms with E-state index in [2.05, 4.69) is 15.8 Å². The molecule has 0 aliphatic rings. The number of nitrogens with zero attached hydrogens (tertiary/aromatic N) is 2. The Balaban J connectivity index is 1.88. The summed E-state index contributed by atoms with van der Waals surface area (Å²) in [6.45, 7) is 0. The van der Waals surface area contributed by atoms with E-state index in [4.69, 9.17) is 4.42 Å². The number of hydrogen-bond donors (Lipinski definition) is 1. The Morgan fingerprint density at radius 1 is 1.15 bits per heavy atom. The molecule has 0 atom stereocenters. The minimum absolute atomic E-state index is 0.178. The van der Waals surface area contributed by atoms with Gasteiger partial charge >= 0.3 is 0 Å². The third kappa shape index (κ3) is 3.72. The molecule has 0 bridgehead atoms. The quantitative estimate of drug-likeness (QED) is 0.700. The van der Waals surface area contributed by atoms with Gasteiger partial charge in [-0.15, -0.1) is 0 Å². The average Bonchev–Trinajstić information content (AvgIpc) is 3.15. The lowest BCUT2D eigenvalue weighted by atomic mass is 10.1.